The maximum Gasteiger partial charge on any atom is 0.223 e. The quantitative estimate of drug-likeness (QED) is 0.693. The molecule has 0 fully saturated rings. The number of rotatable bonds is 5. The topological polar surface area (TPSA) is 77.7 Å². The van der Waals surface area contributed by atoms with E-state index in [1.165, 1.54) is 30.5 Å². The fraction of sp³-hybridized carbons (Fsp3) is 0.450. The van der Waals surface area contributed by atoms with Crippen molar-refractivity contribution in [2.45, 2.75) is 51.5 Å². The molecule has 0 aliphatic heterocycles. The molecular weight excluding hydrogens is 326 g/mol. The van der Waals surface area contributed by atoms with E-state index in [0.717, 1.165) is 35.4 Å². The second kappa shape index (κ2) is 7.32. The number of carbonyl (C=O) groups is 1. The number of H-pyrrole nitrogens is 2. The van der Waals surface area contributed by atoms with Crippen LogP contribution in [0.4, 0.5) is 0 Å². The number of hydrogen-bond acceptors (Lipinski definition) is 3. The molecule has 0 bridgehead atoms. The SMILES string of the molecule is CN(Cc1n[nH]c2c1CCCCC2)C(=O)CCc1nc2ccccc2[nH]1. The predicted octanol–water partition coefficient (Wildman–Crippen LogP) is 3.15. The molecule has 1 amide bonds. The Morgan fingerprint density at radius 1 is 1.19 bits per heavy atom. The fourth-order valence-electron chi connectivity index (χ4n) is 3.71. The van der Waals surface area contributed by atoms with Gasteiger partial charge in [-0.1, -0.05) is 18.6 Å². The molecule has 26 heavy (non-hydrogen) atoms. The molecule has 1 aliphatic carbocycles. The number of aromatic amines is 2. The molecule has 2 N–H and O–H groups in total. The van der Waals surface area contributed by atoms with Crippen molar-refractivity contribution in [3.8, 4) is 0 Å². The van der Waals surface area contributed by atoms with E-state index < -0.39 is 0 Å². The van der Waals surface area contributed by atoms with Crippen LogP contribution >= 0.6 is 0 Å². The Bertz CT molecular complexity index is 877. The Morgan fingerprint density at radius 3 is 2.92 bits per heavy atom. The highest BCUT2D eigenvalue weighted by Crippen LogP contribution is 2.22. The Kier molecular flexibility index (Phi) is 4.73. The number of fused-ring (bicyclic) bond motifs is 2. The van der Waals surface area contributed by atoms with Gasteiger partial charge in [-0.15, -0.1) is 0 Å². The molecular formula is C20H25N5O. The van der Waals surface area contributed by atoms with Gasteiger partial charge in [-0.25, -0.2) is 4.98 Å². The Hall–Kier alpha value is -2.63. The van der Waals surface area contributed by atoms with Gasteiger partial charge in [0.25, 0.3) is 0 Å². The predicted molar refractivity (Wildman–Crippen MR) is 101 cm³/mol. The smallest absolute Gasteiger partial charge is 0.223 e. The van der Waals surface area contributed by atoms with Crippen molar-refractivity contribution in [3.05, 3.63) is 47.0 Å². The van der Waals surface area contributed by atoms with Crippen LogP contribution in [0.5, 0.6) is 0 Å². The summed E-state index contributed by atoms with van der Waals surface area (Å²) in [4.78, 5) is 22.2. The molecule has 136 valence electrons. The van der Waals surface area contributed by atoms with Gasteiger partial charge in [-0.05, 0) is 43.4 Å². The molecule has 0 atom stereocenters. The summed E-state index contributed by atoms with van der Waals surface area (Å²) < 4.78 is 0. The first-order valence-corrected chi connectivity index (χ1v) is 9.43. The maximum atomic E-state index is 12.5. The minimum atomic E-state index is 0.121. The van der Waals surface area contributed by atoms with Gasteiger partial charge in [0.05, 0.1) is 23.3 Å². The number of nitrogens with one attached hydrogen (secondary N) is 2. The lowest BCUT2D eigenvalue weighted by Gasteiger charge is -2.16. The Labute approximate surface area is 153 Å². The molecule has 4 rings (SSSR count). The normalized spacial score (nSPS) is 14.2. The van der Waals surface area contributed by atoms with E-state index in [2.05, 4.69) is 20.2 Å². The van der Waals surface area contributed by atoms with Crippen LogP contribution in [0.3, 0.4) is 0 Å². The highest BCUT2D eigenvalue weighted by atomic mass is 16.2. The third kappa shape index (κ3) is 3.49. The first kappa shape index (κ1) is 16.8. The van der Waals surface area contributed by atoms with E-state index in [1.807, 2.05) is 31.3 Å². The van der Waals surface area contributed by atoms with Gasteiger partial charge in [-0.2, -0.15) is 5.10 Å². The van der Waals surface area contributed by atoms with Gasteiger partial charge in [0.2, 0.25) is 5.91 Å². The molecule has 2 aromatic heterocycles. The highest BCUT2D eigenvalue weighted by molar-refractivity contribution is 5.77. The molecule has 0 radical (unpaired) electrons. The number of carbonyl (C=O) groups excluding carboxylic acids is 1. The van der Waals surface area contributed by atoms with E-state index in [1.54, 1.807) is 4.90 Å². The molecule has 3 aromatic rings. The van der Waals surface area contributed by atoms with E-state index in [0.29, 0.717) is 19.4 Å². The molecule has 6 heteroatoms. The number of para-hydroxylation sites is 2. The van der Waals surface area contributed by atoms with E-state index in [-0.39, 0.29) is 5.91 Å². The summed E-state index contributed by atoms with van der Waals surface area (Å²) in [5, 5.41) is 7.65. The van der Waals surface area contributed by atoms with E-state index >= 15 is 0 Å². The monoisotopic (exact) mass is 351 g/mol. The van der Waals surface area contributed by atoms with Crippen molar-refractivity contribution in [2.24, 2.45) is 0 Å². The average molecular weight is 351 g/mol. The number of hydrogen-bond donors (Lipinski definition) is 2. The van der Waals surface area contributed by atoms with Gasteiger partial charge in [-0.3, -0.25) is 9.89 Å². The number of imidazole rings is 1. The van der Waals surface area contributed by atoms with E-state index in [4.69, 9.17) is 0 Å². The fourth-order valence-corrected chi connectivity index (χ4v) is 3.71. The molecule has 0 saturated heterocycles. The van der Waals surface area contributed by atoms with Crippen LogP contribution in [-0.4, -0.2) is 38.0 Å². The van der Waals surface area contributed by atoms with Gasteiger partial charge in [0.1, 0.15) is 5.82 Å². The zero-order chi connectivity index (χ0) is 17.9. The largest absolute Gasteiger partial charge is 0.342 e. The standard InChI is InChI=1S/C20H25N5O/c1-25(13-18-14-7-3-2-4-8-15(14)23-24-18)20(26)12-11-19-21-16-9-5-6-10-17(16)22-19/h5-6,9-10H,2-4,7-8,11-13H2,1H3,(H,21,22)(H,23,24). The number of aryl methyl sites for hydroxylation is 2. The average Bonchev–Trinajstić information content (AvgIpc) is 3.15. The van der Waals surface area contributed by atoms with Crippen molar-refractivity contribution in [1.29, 1.82) is 0 Å². The van der Waals surface area contributed by atoms with Crippen molar-refractivity contribution in [3.63, 3.8) is 0 Å². The van der Waals surface area contributed by atoms with Crippen LogP contribution in [0.1, 0.15) is 48.5 Å². The Morgan fingerprint density at radius 2 is 2.04 bits per heavy atom. The number of nitrogens with zero attached hydrogens (tertiary/aromatic N) is 3. The molecule has 1 aromatic carbocycles. The molecule has 0 unspecified atom stereocenters. The summed E-state index contributed by atoms with van der Waals surface area (Å²) in [5.41, 5.74) is 5.59. The van der Waals surface area contributed by atoms with Crippen molar-refractivity contribution < 1.29 is 4.79 Å². The molecule has 6 nitrogen and oxygen atoms in total. The van der Waals surface area contributed by atoms with E-state index in [9.17, 15) is 4.79 Å². The first-order valence-electron chi connectivity index (χ1n) is 9.43. The molecule has 0 saturated carbocycles. The lowest BCUT2D eigenvalue weighted by molar-refractivity contribution is -0.130. The summed E-state index contributed by atoms with van der Waals surface area (Å²) in [7, 11) is 1.86. The summed E-state index contributed by atoms with van der Waals surface area (Å²) in [5.74, 6) is 0.984. The van der Waals surface area contributed by atoms with Crippen LogP contribution in [0.15, 0.2) is 24.3 Å². The minimum absolute atomic E-state index is 0.121. The van der Waals surface area contributed by atoms with Crippen LogP contribution in [0, 0.1) is 0 Å². The maximum absolute atomic E-state index is 12.5. The molecule has 0 spiro atoms. The minimum Gasteiger partial charge on any atom is -0.342 e. The van der Waals surface area contributed by atoms with Crippen molar-refractivity contribution in [1.82, 2.24) is 25.1 Å². The lowest BCUT2D eigenvalue weighted by atomic mass is 10.1. The van der Waals surface area contributed by atoms with Crippen LogP contribution in [0.2, 0.25) is 0 Å². The third-order valence-electron chi connectivity index (χ3n) is 5.22. The van der Waals surface area contributed by atoms with Crippen LogP contribution < -0.4 is 0 Å². The summed E-state index contributed by atoms with van der Waals surface area (Å²) in [6.07, 6.45) is 6.92. The number of amides is 1. The van der Waals surface area contributed by atoms with Gasteiger partial charge in [0.15, 0.2) is 0 Å². The molecule has 1 aliphatic rings. The van der Waals surface area contributed by atoms with Gasteiger partial charge >= 0.3 is 0 Å². The number of aromatic nitrogens is 4. The second-order valence-electron chi connectivity index (χ2n) is 7.14. The summed E-state index contributed by atoms with van der Waals surface area (Å²) >= 11 is 0. The van der Waals surface area contributed by atoms with Gasteiger partial charge < -0.3 is 9.88 Å². The second-order valence-corrected chi connectivity index (χ2v) is 7.14. The Balaban J connectivity index is 1.36. The number of benzene rings is 1. The van der Waals surface area contributed by atoms with Crippen molar-refractivity contribution >= 4 is 16.9 Å². The van der Waals surface area contributed by atoms with Crippen molar-refractivity contribution in [2.75, 3.05) is 7.05 Å². The summed E-state index contributed by atoms with van der Waals surface area (Å²) in [6.45, 7) is 0.574. The van der Waals surface area contributed by atoms with Crippen LogP contribution in [-0.2, 0) is 30.6 Å². The zero-order valence-corrected chi connectivity index (χ0v) is 15.2. The van der Waals surface area contributed by atoms with Crippen LogP contribution in [0.25, 0.3) is 11.0 Å². The highest BCUT2D eigenvalue weighted by Gasteiger charge is 2.19. The van der Waals surface area contributed by atoms with Gasteiger partial charge in [0, 0.05) is 25.6 Å². The molecule has 2 heterocycles. The lowest BCUT2D eigenvalue weighted by Crippen LogP contribution is -2.27. The summed E-state index contributed by atoms with van der Waals surface area (Å²) in [6, 6.07) is 7.93. The third-order valence-corrected chi connectivity index (χ3v) is 5.22. The zero-order valence-electron chi connectivity index (χ0n) is 15.2. The first-order chi connectivity index (χ1) is 12.7.